The van der Waals surface area contributed by atoms with Crippen LogP contribution in [0, 0.1) is 0 Å². The largest absolute Gasteiger partial charge is 0.379 e. The van der Waals surface area contributed by atoms with Crippen LogP contribution in [0.4, 0.5) is 0 Å². The minimum absolute atomic E-state index is 0.244. The van der Waals surface area contributed by atoms with Crippen molar-refractivity contribution >= 4 is 27.5 Å². The zero-order chi connectivity index (χ0) is 26.2. The molecular formula is C29H48BrClO5. The maximum atomic E-state index is 6.80. The Labute approximate surface area is 233 Å². The third kappa shape index (κ3) is 10.2. The first-order valence-corrected chi connectivity index (χ1v) is 15.5. The molecule has 0 bridgehead atoms. The fourth-order valence-corrected chi connectivity index (χ4v) is 5.11. The summed E-state index contributed by atoms with van der Waals surface area (Å²) in [6.07, 6.45) is 7.01. The highest BCUT2D eigenvalue weighted by atomic mass is 79.9. The molecule has 1 aliphatic heterocycles. The van der Waals surface area contributed by atoms with E-state index in [-0.39, 0.29) is 30.5 Å². The van der Waals surface area contributed by atoms with E-state index < -0.39 is 0 Å². The predicted octanol–water partition coefficient (Wildman–Crippen LogP) is 8.05. The number of alkyl halides is 1. The van der Waals surface area contributed by atoms with Crippen molar-refractivity contribution in [1.82, 2.24) is 0 Å². The number of ether oxygens (including phenoxy) is 5. The summed E-state index contributed by atoms with van der Waals surface area (Å²) in [6, 6.07) is 6.11. The van der Waals surface area contributed by atoms with Crippen LogP contribution < -0.4 is 0 Å². The Morgan fingerprint density at radius 1 is 0.778 bits per heavy atom. The molecule has 36 heavy (non-hydrogen) atoms. The predicted molar refractivity (Wildman–Crippen MR) is 151 cm³/mol. The SMILES string of the molecule is CCCCOC[C@H]1OC(c2ccc(Cl)c(CBr)c2)[C@H](OCCCC)[C@@H](OCCCC)[C@@H]1OCCCC. The topological polar surface area (TPSA) is 46.2 Å². The number of hydrogen-bond acceptors (Lipinski definition) is 5. The van der Waals surface area contributed by atoms with Crippen molar-refractivity contribution in [3.8, 4) is 0 Å². The maximum absolute atomic E-state index is 6.80. The average Bonchev–Trinajstić information content (AvgIpc) is 2.89. The maximum Gasteiger partial charge on any atom is 0.117 e. The molecule has 0 spiro atoms. The van der Waals surface area contributed by atoms with Crippen LogP contribution in [0.25, 0.3) is 0 Å². The molecule has 2 rings (SSSR count). The minimum atomic E-state index is -0.297. The van der Waals surface area contributed by atoms with Gasteiger partial charge in [0.05, 0.1) is 6.61 Å². The lowest BCUT2D eigenvalue weighted by Gasteiger charge is -2.46. The van der Waals surface area contributed by atoms with E-state index in [1.807, 2.05) is 12.1 Å². The van der Waals surface area contributed by atoms with Gasteiger partial charge in [0, 0.05) is 36.8 Å². The summed E-state index contributed by atoms with van der Waals surface area (Å²) in [5, 5.41) is 1.42. The summed E-state index contributed by atoms with van der Waals surface area (Å²) in [5.74, 6) is 0. The highest BCUT2D eigenvalue weighted by Crippen LogP contribution is 2.39. The number of unbranched alkanes of at least 4 members (excludes halogenated alkanes) is 4. The Morgan fingerprint density at radius 2 is 1.33 bits per heavy atom. The number of hydrogen-bond donors (Lipinski definition) is 0. The molecule has 7 heteroatoms. The quantitative estimate of drug-likeness (QED) is 0.120. The summed E-state index contributed by atoms with van der Waals surface area (Å²) in [4.78, 5) is 0. The second kappa shape index (κ2) is 18.9. The Bertz CT molecular complexity index is 706. The smallest absolute Gasteiger partial charge is 0.117 e. The highest BCUT2D eigenvalue weighted by molar-refractivity contribution is 9.08. The first-order chi connectivity index (χ1) is 17.6. The van der Waals surface area contributed by atoms with Gasteiger partial charge in [-0.3, -0.25) is 0 Å². The van der Waals surface area contributed by atoms with Crippen molar-refractivity contribution < 1.29 is 23.7 Å². The molecule has 1 saturated heterocycles. The van der Waals surface area contributed by atoms with Gasteiger partial charge in [-0.2, -0.15) is 0 Å². The molecule has 0 aliphatic carbocycles. The molecule has 1 heterocycles. The van der Waals surface area contributed by atoms with E-state index in [1.54, 1.807) is 0 Å². The molecule has 1 fully saturated rings. The summed E-state index contributed by atoms with van der Waals surface area (Å²) in [6.45, 7) is 11.9. The van der Waals surface area contributed by atoms with Crippen LogP contribution in [-0.2, 0) is 29.0 Å². The lowest BCUT2D eigenvalue weighted by Crippen LogP contribution is -2.58. The van der Waals surface area contributed by atoms with Gasteiger partial charge in [-0.25, -0.2) is 0 Å². The zero-order valence-electron chi connectivity index (χ0n) is 22.8. The van der Waals surface area contributed by atoms with Crippen LogP contribution in [0.5, 0.6) is 0 Å². The first-order valence-electron chi connectivity index (χ1n) is 14.0. The van der Waals surface area contributed by atoms with Crippen molar-refractivity contribution in [2.45, 2.75) is 115 Å². The number of benzene rings is 1. The van der Waals surface area contributed by atoms with Crippen LogP contribution in [0.2, 0.25) is 5.02 Å². The molecule has 0 N–H and O–H groups in total. The molecule has 0 aromatic heterocycles. The van der Waals surface area contributed by atoms with Gasteiger partial charge in [0.15, 0.2) is 0 Å². The van der Waals surface area contributed by atoms with E-state index in [1.165, 1.54) is 0 Å². The van der Waals surface area contributed by atoms with Gasteiger partial charge in [-0.1, -0.05) is 93.0 Å². The van der Waals surface area contributed by atoms with E-state index in [2.05, 4.69) is 49.7 Å². The Balaban J connectivity index is 2.42. The van der Waals surface area contributed by atoms with Crippen molar-refractivity contribution in [3.63, 3.8) is 0 Å². The lowest BCUT2D eigenvalue weighted by atomic mass is 9.90. The molecule has 5 atom stereocenters. The molecule has 0 amide bonds. The van der Waals surface area contributed by atoms with Gasteiger partial charge in [-0.05, 0) is 42.9 Å². The summed E-state index contributed by atoms with van der Waals surface area (Å²) in [7, 11) is 0. The minimum Gasteiger partial charge on any atom is -0.379 e. The monoisotopic (exact) mass is 590 g/mol. The van der Waals surface area contributed by atoms with E-state index >= 15 is 0 Å². The van der Waals surface area contributed by atoms with E-state index in [9.17, 15) is 0 Å². The summed E-state index contributed by atoms with van der Waals surface area (Å²) >= 11 is 10.0. The summed E-state index contributed by atoms with van der Waals surface area (Å²) in [5.41, 5.74) is 2.08. The Kier molecular flexibility index (Phi) is 16.8. The lowest BCUT2D eigenvalue weighted by molar-refractivity contribution is -0.268. The third-order valence-corrected chi connectivity index (χ3v) is 7.50. The van der Waals surface area contributed by atoms with Gasteiger partial charge >= 0.3 is 0 Å². The van der Waals surface area contributed by atoms with Gasteiger partial charge in [0.1, 0.15) is 30.5 Å². The van der Waals surface area contributed by atoms with E-state index in [0.717, 1.165) is 74.1 Å². The fraction of sp³-hybridized carbons (Fsp3) is 0.793. The first kappa shape index (κ1) is 32.0. The van der Waals surface area contributed by atoms with Crippen molar-refractivity contribution in [3.05, 3.63) is 34.3 Å². The van der Waals surface area contributed by atoms with Crippen LogP contribution in [0.15, 0.2) is 18.2 Å². The van der Waals surface area contributed by atoms with Gasteiger partial charge in [0.25, 0.3) is 0 Å². The van der Waals surface area contributed by atoms with Crippen molar-refractivity contribution in [2.75, 3.05) is 33.0 Å². The Morgan fingerprint density at radius 3 is 1.92 bits per heavy atom. The van der Waals surface area contributed by atoms with Gasteiger partial charge in [0.2, 0.25) is 0 Å². The van der Waals surface area contributed by atoms with Crippen molar-refractivity contribution in [2.24, 2.45) is 0 Å². The second-order valence-electron chi connectivity index (χ2n) is 9.57. The van der Waals surface area contributed by atoms with Crippen LogP contribution in [0.3, 0.4) is 0 Å². The van der Waals surface area contributed by atoms with E-state index in [0.29, 0.717) is 31.8 Å². The molecule has 5 nitrogen and oxygen atoms in total. The normalized spacial score (nSPS) is 24.3. The average molecular weight is 592 g/mol. The highest BCUT2D eigenvalue weighted by Gasteiger charge is 2.48. The number of halogens is 2. The molecule has 0 radical (unpaired) electrons. The van der Waals surface area contributed by atoms with Gasteiger partial charge < -0.3 is 23.7 Å². The zero-order valence-corrected chi connectivity index (χ0v) is 25.2. The fourth-order valence-electron chi connectivity index (χ4n) is 4.30. The second-order valence-corrected chi connectivity index (χ2v) is 10.5. The molecule has 0 saturated carbocycles. The Hall–Kier alpha value is -0.210. The molecular weight excluding hydrogens is 544 g/mol. The molecule has 1 aromatic carbocycles. The summed E-state index contributed by atoms with van der Waals surface area (Å²) < 4.78 is 32.5. The molecule has 1 aliphatic rings. The van der Waals surface area contributed by atoms with Gasteiger partial charge in [-0.15, -0.1) is 0 Å². The molecule has 1 unspecified atom stereocenters. The van der Waals surface area contributed by atoms with E-state index in [4.69, 9.17) is 35.3 Å². The number of rotatable bonds is 19. The van der Waals surface area contributed by atoms with Crippen LogP contribution >= 0.6 is 27.5 Å². The molecule has 208 valence electrons. The van der Waals surface area contributed by atoms with Crippen LogP contribution in [0.1, 0.15) is 96.3 Å². The van der Waals surface area contributed by atoms with Crippen molar-refractivity contribution in [1.29, 1.82) is 0 Å². The molecule has 1 aromatic rings. The van der Waals surface area contributed by atoms with Crippen LogP contribution in [-0.4, -0.2) is 57.5 Å². The third-order valence-electron chi connectivity index (χ3n) is 6.53. The standard InChI is InChI=1S/C29H48BrClO5/c1-5-9-15-32-21-25-27(33-16-10-6-2)29(35-18-12-8-4)28(34-17-11-7-3)26(36-25)22-13-14-24(31)23(19-22)20-30/h13-14,19,25-29H,5-12,15-18,20-21H2,1-4H3/t25-,26?,27-,28+,29+/m1/s1.